The second kappa shape index (κ2) is 10.3. The maximum absolute atomic E-state index is 13.1. The van der Waals surface area contributed by atoms with Gasteiger partial charge in [-0.3, -0.25) is 4.79 Å². The lowest BCUT2D eigenvalue weighted by molar-refractivity contribution is 0.0955. The van der Waals surface area contributed by atoms with Gasteiger partial charge in [0, 0.05) is 16.8 Å². The van der Waals surface area contributed by atoms with Gasteiger partial charge in [-0.15, -0.1) is 0 Å². The molecule has 4 nitrogen and oxygen atoms in total. The minimum absolute atomic E-state index is 0.0794. The number of hydrogen-bond donors (Lipinski definition) is 1. The van der Waals surface area contributed by atoms with Crippen LogP contribution in [0, 0.1) is 6.92 Å². The number of carbonyl (C=O) groups is 1. The molecule has 1 heterocycles. The number of nitrogens with one attached hydrogen (secondary N) is 1. The molecule has 0 aliphatic heterocycles. The van der Waals surface area contributed by atoms with Gasteiger partial charge in [-0.1, -0.05) is 59.8 Å². The third-order valence-corrected chi connectivity index (χ3v) is 6.04. The maximum atomic E-state index is 13.1. The quantitative estimate of drug-likeness (QED) is 0.360. The predicted molar refractivity (Wildman–Crippen MR) is 131 cm³/mol. The highest BCUT2D eigenvalue weighted by Gasteiger charge is 2.13. The smallest absolute Gasteiger partial charge is 0.252 e. The van der Waals surface area contributed by atoms with E-state index in [-0.39, 0.29) is 5.91 Å². The van der Waals surface area contributed by atoms with Gasteiger partial charge in [0.2, 0.25) is 0 Å². The van der Waals surface area contributed by atoms with Crippen LogP contribution in [-0.4, -0.2) is 24.0 Å². The average Bonchev–Trinajstić information content (AvgIpc) is 2.81. The molecule has 4 aromatic rings. The van der Waals surface area contributed by atoms with Crippen LogP contribution in [0.5, 0.6) is 5.75 Å². The number of hydrogen-bond acceptors (Lipinski definition) is 4. The highest BCUT2D eigenvalue weighted by atomic mass is 32.2. The number of benzene rings is 3. The van der Waals surface area contributed by atoms with E-state index in [4.69, 9.17) is 9.72 Å². The van der Waals surface area contributed by atoms with Crippen LogP contribution in [0.3, 0.4) is 0 Å². The van der Waals surface area contributed by atoms with Crippen molar-refractivity contribution in [3.05, 3.63) is 95.6 Å². The van der Waals surface area contributed by atoms with Crippen LogP contribution in [0.15, 0.2) is 88.8 Å². The van der Waals surface area contributed by atoms with Gasteiger partial charge in [0.25, 0.3) is 5.91 Å². The van der Waals surface area contributed by atoms with Crippen molar-refractivity contribution in [3.63, 3.8) is 0 Å². The predicted octanol–water partition coefficient (Wildman–Crippen LogP) is 6.07. The van der Waals surface area contributed by atoms with E-state index < -0.39 is 0 Å². The average molecular weight is 443 g/mol. The molecule has 1 amide bonds. The van der Waals surface area contributed by atoms with Crippen molar-refractivity contribution < 1.29 is 9.53 Å². The van der Waals surface area contributed by atoms with E-state index in [2.05, 4.69) is 36.5 Å². The molecule has 0 bridgehead atoms. The molecule has 0 unspecified atom stereocenters. The number of para-hydroxylation sites is 1. The molecular formula is C27H26N2O2S. The van der Waals surface area contributed by atoms with E-state index in [9.17, 15) is 4.79 Å². The summed E-state index contributed by atoms with van der Waals surface area (Å²) in [5, 5.41) is 4.72. The summed E-state index contributed by atoms with van der Waals surface area (Å²) in [5.41, 5.74) is 3.90. The molecule has 5 heteroatoms. The Hall–Kier alpha value is -3.31. The molecule has 0 atom stereocenters. The lowest BCUT2D eigenvalue weighted by Gasteiger charge is -2.11. The van der Waals surface area contributed by atoms with Crippen molar-refractivity contribution in [1.82, 2.24) is 10.3 Å². The summed E-state index contributed by atoms with van der Waals surface area (Å²) in [4.78, 5) is 18.9. The summed E-state index contributed by atoms with van der Waals surface area (Å²) in [6.45, 7) is 5.26. The van der Waals surface area contributed by atoms with Gasteiger partial charge in [0.05, 0.1) is 17.7 Å². The van der Waals surface area contributed by atoms with Crippen molar-refractivity contribution in [2.45, 2.75) is 30.2 Å². The number of ether oxygens (including phenoxy) is 1. The zero-order valence-electron chi connectivity index (χ0n) is 18.3. The Morgan fingerprint density at radius 1 is 1.00 bits per heavy atom. The molecule has 0 spiro atoms. The number of amides is 1. The minimum atomic E-state index is -0.0794. The van der Waals surface area contributed by atoms with Gasteiger partial charge < -0.3 is 10.1 Å². The summed E-state index contributed by atoms with van der Waals surface area (Å²) in [6, 6.07) is 26.0. The highest BCUT2D eigenvalue weighted by Crippen LogP contribution is 2.31. The van der Waals surface area contributed by atoms with E-state index >= 15 is 0 Å². The molecule has 0 aliphatic carbocycles. The van der Waals surface area contributed by atoms with Crippen molar-refractivity contribution in [2.75, 3.05) is 13.2 Å². The van der Waals surface area contributed by atoms with Crippen LogP contribution in [-0.2, 0) is 6.42 Å². The number of fused-ring (bicyclic) bond motifs is 1. The Labute approximate surface area is 193 Å². The van der Waals surface area contributed by atoms with E-state index in [1.807, 2.05) is 61.5 Å². The van der Waals surface area contributed by atoms with Gasteiger partial charge in [-0.2, -0.15) is 0 Å². The van der Waals surface area contributed by atoms with E-state index in [1.54, 1.807) is 0 Å². The van der Waals surface area contributed by atoms with E-state index in [0.29, 0.717) is 18.7 Å². The molecule has 4 rings (SSSR count). The van der Waals surface area contributed by atoms with Gasteiger partial charge in [0.1, 0.15) is 10.8 Å². The Morgan fingerprint density at radius 2 is 1.75 bits per heavy atom. The molecule has 0 fully saturated rings. The molecule has 32 heavy (non-hydrogen) atoms. The van der Waals surface area contributed by atoms with Crippen molar-refractivity contribution in [1.29, 1.82) is 0 Å². The van der Waals surface area contributed by atoms with Gasteiger partial charge in [-0.05, 0) is 62.2 Å². The number of aryl methyl sites for hydroxylation is 1. The van der Waals surface area contributed by atoms with Crippen LogP contribution in [0.25, 0.3) is 10.9 Å². The number of pyridine rings is 1. The Kier molecular flexibility index (Phi) is 7.07. The zero-order chi connectivity index (χ0) is 22.3. The topological polar surface area (TPSA) is 51.2 Å². The summed E-state index contributed by atoms with van der Waals surface area (Å²) >= 11 is 1.54. The van der Waals surface area contributed by atoms with Crippen LogP contribution in [0.1, 0.15) is 28.4 Å². The number of aromatic nitrogens is 1. The summed E-state index contributed by atoms with van der Waals surface area (Å²) in [6.07, 6.45) is 0.794. The Bertz CT molecular complexity index is 1200. The molecule has 1 aromatic heterocycles. The zero-order valence-corrected chi connectivity index (χ0v) is 19.1. The molecule has 162 valence electrons. The van der Waals surface area contributed by atoms with Crippen LogP contribution >= 0.6 is 11.8 Å². The van der Waals surface area contributed by atoms with E-state index in [1.165, 1.54) is 22.9 Å². The second-order valence-electron chi connectivity index (χ2n) is 7.52. The number of nitrogens with zero attached hydrogens (tertiary/aromatic N) is 1. The Morgan fingerprint density at radius 3 is 2.50 bits per heavy atom. The summed E-state index contributed by atoms with van der Waals surface area (Å²) in [7, 11) is 0. The van der Waals surface area contributed by atoms with Gasteiger partial charge in [0.15, 0.2) is 0 Å². The standard InChI is InChI=1S/C27H26N2O2S/c1-3-31-21-12-14-22(15-13-21)32-26-18-24(23-6-4-5-7-25(23)29-26)27(30)28-17-16-20-10-8-19(2)9-11-20/h4-15,18H,3,16-17H2,1-2H3,(H,28,30). The van der Waals surface area contributed by atoms with Crippen molar-refractivity contribution in [3.8, 4) is 5.75 Å². The fraction of sp³-hybridized carbons (Fsp3) is 0.185. The number of rotatable bonds is 8. The maximum Gasteiger partial charge on any atom is 0.252 e. The second-order valence-corrected chi connectivity index (χ2v) is 8.62. The summed E-state index contributed by atoms with van der Waals surface area (Å²) < 4.78 is 5.52. The first-order valence-corrected chi connectivity index (χ1v) is 11.6. The monoisotopic (exact) mass is 442 g/mol. The molecule has 0 saturated heterocycles. The molecule has 0 saturated carbocycles. The lowest BCUT2D eigenvalue weighted by Crippen LogP contribution is -2.26. The van der Waals surface area contributed by atoms with Crippen LogP contribution in [0.2, 0.25) is 0 Å². The number of carbonyl (C=O) groups excluding carboxylic acids is 1. The highest BCUT2D eigenvalue weighted by molar-refractivity contribution is 7.99. The molecule has 0 radical (unpaired) electrons. The Balaban J connectivity index is 1.52. The third kappa shape index (κ3) is 5.48. The third-order valence-electron chi connectivity index (χ3n) is 5.11. The van der Waals surface area contributed by atoms with Gasteiger partial charge >= 0.3 is 0 Å². The van der Waals surface area contributed by atoms with Crippen LogP contribution < -0.4 is 10.1 Å². The lowest BCUT2D eigenvalue weighted by atomic mass is 10.1. The first kappa shape index (κ1) is 21.9. The summed E-state index contributed by atoms with van der Waals surface area (Å²) in [5.74, 6) is 0.765. The largest absolute Gasteiger partial charge is 0.494 e. The molecular weight excluding hydrogens is 416 g/mol. The first-order chi connectivity index (χ1) is 15.6. The molecule has 0 aliphatic rings. The minimum Gasteiger partial charge on any atom is -0.494 e. The van der Waals surface area contributed by atoms with Gasteiger partial charge in [-0.25, -0.2) is 4.98 Å². The van der Waals surface area contributed by atoms with Crippen molar-refractivity contribution >= 4 is 28.6 Å². The van der Waals surface area contributed by atoms with E-state index in [0.717, 1.165) is 33.0 Å². The first-order valence-electron chi connectivity index (χ1n) is 10.8. The SMILES string of the molecule is CCOc1ccc(Sc2cc(C(=O)NCCc3ccc(C)cc3)c3ccccc3n2)cc1. The fourth-order valence-electron chi connectivity index (χ4n) is 3.45. The van der Waals surface area contributed by atoms with Crippen LogP contribution in [0.4, 0.5) is 0 Å². The normalized spacial score (nSPS) is 10.8. The molecule has 1 N–H and O–H groups in total. The van der Waals surface area contributed by atoms with Crippen molar-refractivity contribution in [2.24, 2.45) is 0 Å². The fourth-order valence-corrected chi connectivity index (χ4v) is 4.29. The molecule has 3 aromatic carbocycles.